The van der Waals surface area contributed by atoms with E-state index < -0.39 is 5.97 Å². The minimum Gasteiger partial charge on any atom is -0.497 e. The molecule has 0 spiro atoms. The Labute approximate surface area is 150 Å². The monoisotopic (exact) mass is 344 g/mol. The normalized spacial score (nSPS) is 10.8. The molecule has 0 aliphatic heterocycles. The van der Waals surface area contributed by atoms with Crippen molar-refractivity contribution in [2.75, 3.05) is 7.11 Å². The van der Waals surface area contributed by atoms with Crippen molar-refractivity contribution in [1.29, 1.82) is 0 Å². The van der Waals surface area contributed by atoms with Crippen LogP contribution in [-0.4, -0.2) is 23.0 Å². The minimum atomic E-state index is -0.488. The van der Waals surface area contributed by atoms with Crippen LogP contribution in [0.1, 0.15) is 16.1 Å². The van der Waals surface area contributed by atoms with E-state index in [0.717, 1.165) is 27.6 Å². The lowest BCUT2D eigenvalue weighted by Gasteiger charge is -2.07. The number of para-hydroxylation sites is 2. The van der Waals surface area contributed by atoms with Crippen LogP contribution in [0.15, 0.2) is 66.9 Å². The summed E-state index contributed by atoms with van der Waals surface area (Å²) in [5.74, 6) is 0.324. The molecular weight excluding hydrogens is 328 g/mol. The number of fused-ring (bicyclic) bond motifs is 2. The first kappa shape index (κ1) is 16.0. The lowest BCUT2D eigenvalue weighted by molar-refractivity contribution is 0.0466. The number of carbonyl (C=O) groups is 1. The minimum absolute atomic E-state index is 0.176. The van der Waals surface area contributed by atoms with Crippen LogP contribution in [0.25, 0.3) is 21.8 Å². The lowest BCUT2D eigenvalue weighted by atomic mass is 10.1. The molecule has 5 nitrogen and oxygen atoms in total. The van der Waals surface area contributed by atoms with Crippen LogP contribution in [0.4, 0.5) is 0 Å². The molecule has 0 radical (unpaired) electrons. The zero-order chi connectivity index (χ0) is 17.9. The van der Waals surface area contributed by atoms with Gasteiger partial charge in [0, 0.05) is 0 Å². The number of ether oxygens (including phenoxy) is 2. The molecule has 0 unspecified atom stereocenters. The van der Waals surface area contributed by atoms with Crippen molar-refractivity contribution >= 4 is 27.8 Å². The van der Waals surface area contributed by atoms with Gasteiger partial charge in [-0.3, -0.25) is 4.98 Å². The first-order chi connectivity index (χ1) is 12.7. The van der Waals surface area contributed by atoms with Gasteiger partial charge < -0.3 is 9.47 Å². The Kier molecular flexibility index (Phi) is 4.19. The molecule has 1 heterocycles. The summed E-state index contributed by atoms with van der Waals surface area (Å²) in [6.07, 6.45) is 1.44. The summed E-state index contributed by atoms with van der Waals surface area (Å²) in [7, 11) is 1.64. The van der Waals surface area contributed by atoms with E-state index in [0.29, 0.717) is 5.52 Å². The molecule has 128 valence electrons. The zero-order valence-electron chi connectivity index (χ0n) is 14.2. The van der Waals surface area contributed by atoms with Gasteiger partial charge in [-0.25, -0.2) is 9.78 Å². The van der Waals surface area contributed by atoms with Gasteiger partial charge in [-0.05, 0) is 46.7 Å². The molecule has 0 aliphatic carbocycles. The summed E-state index contributed by atoms with van der Waals surface area (Å²) in [5.41, 5.74) is 2.52. The zero-order valence-corrected chi connectivity index (χ0v) is 14.2. The first-order valence-corrected chi connectivity index (χ1v) is 8.18. The van der Waals surface area contributed by atoms with E-state index in [1.165, 1.54) is 6.20 Å². The Bertz CT molecular complexity index is 1110. The van der Waals surface area contributed by atoms with E-state index >= 15 is 0 Å². The number of esters is 1. The summed E-state index contributed by atoms with van der Waals surface area (Å²) >= 11 is 0. The van der Waals surface area contributed by atoms with Crippen LogP contribution in [0.2, 0.25) is 0 Å². The molecule has 0 N–H and O–H groups in total. The Morgan fingerprint density at radius 3 is 2.58 bits per heavy atom. The maximum Gasteiger partial charge on any atom is 0.358 e. The Morgan fingerprint density at radius 1 is 0.962 bits per heavy atom. The molecule has 0 bridgehead atoms. The maximum atomic E-state index is 12.3. The van der Waals surface area contributed by atoms with Gasteiger partial charge in [0.2, 0.25) is 0 Å². The molecule has 0 saturated heterocycles. The van der Waals surface area contributed by atoms with Crippen LogP contribution in [0, 0.1) is 0 Å². The smallest absolute Gasteiger partial charge is 0.358 e. The number of carbonyl (C=O) groups excluding carboxylic acids is 1. The summed E-state index contributed by atoms with van der Waals surface area (Å²) < 4.78 is 10.6. The molecule has 26 heavy (non-hydrogen) atoms. The highest BCUT2D eigenvalue weighted by atomic mass is 16.5. The predicted octanol–water partition coefficient (Wildman–Crippen LogP) is 4.15. The highest BCUT2D eigenvalue weighted by molar-refractivity contribution is 5.89. The predicted molar refractivity (Wildman–Crippen MR) is 99.2 cm³/mol. The molecule has 4 rings (SSSR count). The van der Waals surface area contributed by atoms with Gasteiger partial charge in [-0.1, -0.05) is 30.3 Å². The van der Waals surface area contributed by atoms with E-state index in [1.54, 1.807) is 7.11 Å². The van der Waals surface area contributed by atoms with Gasteiger partial charge in [-0.15, -0.1) is 0 Å². The number of aromatic nitrogens is 2. The summed E-state index contributed by atoms with van der Waals surface area (Å²) in [6, 6.07) is 19.2. The van der Waals surface area contributed by atoms with Crippen LogP contribution in [0.3, 0.4) is 0 Å². The summed E-state index contributed by atoms with van der Waals surface area (Å²) in [6.45, 7) is 0.176. The second-order valence-corrected chi connectivity index (χ2v) is 5.87. The number of benzene rings is 3. The first-order valence-electron chi connectivity index (χ1n) is 8.18. The van der Waals surface area contributed by atoms with E-state index in [4.69, 9.17) is 9.47 Å². The highest BCUT2D eigenvalue weighted by Crippen LogP contribution is 2.22. The molecule has 0 fully saturated rings. The second kappa shape index (κ2) is 6.80. The van der Waals surface area contributed by atoms with Crippen molar-refractivity contribution in [2.45, 2.75) is 6.61 Å². The lowest BCUT2D eigenvalue weighted by Crippen LogP contribution is -2.08. The van der Waals surface area contributed by atoms with Crippen molar-refractivity contribution in [3.05, 3.63) is 78.1 Å². The van der Waals surface area contributed by atoms with E-state index in [9.17, 15) is 4.79 Å². The fourth-order valence-electron chi connectivity index (χ4n) is 2.77. The van der Waals surface area contributed by atoms with Crippen molar-refractivity contribution in [3.63, 3.8) is 0 Å². The largest absolute Gasteiger partial charge is 0.497 e. The van der Waals surface area contributed by atoms with Crippen molar-refractivity contribution in [2.24, 2.45) is 0 Å². The van der Waals surface area contributed by atoms with Crippen LogP contribution < -0.4 is 4.74 Å². The maximum absolute atomic E-state index is 12.3. The standard InChI is InChI=1S/C21H16N2O3/c1-25-17-9-8-15-10-14(6-7-16(15)11-17)13-26-21(24)20-12-22-18-4-2-3-5-19(18)23-20/h2-12H,13H2,1H3. The third kappa shape index (κ3) is 3.19. The van der Waals surface area contributed by atoms with E-state index in [2.05, 4.69) is 9.97 Å². The molecule has 5 heteroatoms. The molecule has 0 saturated carbocycles. The van der Waals surface area contributed by atoms with Crippen LogP contribution >= 0.6 is 0 Å². The third-order valence-electron chi connectivity index (χ3n) is 4.14. The number of hydrogen-bond donors (Lipinski definition) is 0. The molecule has 0 atom stereocenters. The fourth-order valence-corrected chi connectivity index (χ4v) is 2.77. The molecule has 0 amide bonds. The van der Waals surface area contributed by atoms with Gasteiger partial charge in [0.25, 0.3) is 0 Å². The number of nitrogens with zero attached hydrogens (tertiary/aromatic N) is 2. The van der Waals surface area contributed by atoms with E-state index in [-0.39, 0.29) is 12.3 Å². The van der Waals surface area contributed by atoms with E-state index in [1.807, 2.05) is 60.7 Å². The quantitative estimate of drug-likeness (QED) is 0.521. The SMILES string of the molecule is COc1ccc2cc(COC(=O)c3cnc4ccccc4n3)ccc2c1. The molecule has 0 aliphatic rings. The van der Waals surface area contributed by atoms with Gasteiger partial charge in [0.05, 0.1) is 24.3 Å². The summed E-state index contributed by atoms with van der Waals surface area (Å²) in [4.78, 5) is 20.8. The van der Waals surface area contributed by atoms with Crippen LogP contribution in [0.5, 0.6) is 5.75 Å². The van der Waals surface area contributed by atoms with Crippen molar-refractivity contribution in [1.82, 2.24) is 9.97 Å². The average molecular weight is 344 g/mol. The van der Waals surface area contributed by atoms with Crippen LogP contribution in [-0.2, 0) is 11.3 Å². The molecular formula is C21H16N2O3. The Morgan fingerprint density at radius 2 is 1.73 bits per heavy atom. The number of rotatable bonds is 4. The Hall–Kier alpha value is -3.47. The topological polar surface area (TPSA) is 61.3 Å². The van der Waals surface area contributed by atoms with Crippen molar-refractivity contribution < 1.29 is 14.3 Å². The molecule has 1 aromatic heterocycles. The van der Waals surface area contributed by atoms with Gasteiger partial charge >= 0.3 is 5.97 Å². The average Bonchev–Trinajstić information content (AvgIpc) is 2.71. The Balaban J connectivity index is 1.50. The van der Waals surface area contributed by atoms with Crippen molar-refractivity contribution in [3.8, 4) is 5.75 Å². The molecule has 3 aromatic carbocycles. The fraction of sp³-hybridized carbons (Fsp3) is 0.0952. The number of methoxy groups -OCH3 is 1. The van der Waals surface area contributed by atoms with Gasteiger partial charge in [-0.2, -0.15) is 0 Å². The number of hydrogen-bond acceptors (Lipinski definition) is 5. The summed E-state index contributed by atoms with van der Waals surface area (Å²) in [5, 5.41) is 2.13. The van der Waals surface area contributed by atoms with Gasteiger partial charge in [0.15, 0.2) is 5.69 Å². The second-order valence-electron chi connectivity index (χ2n) is 5.87. The van der Waals surface area contributed by atoms with Gasteiger partial charge in [0.1, 0.15) is 12.4 Å². The molecule has 4 aromatic rings. The third-order valence-corrected chi connectivity index (χ3v) is 4.14. The highest BCUT2D eigenvalue weighted by Gasteiger charge is 2.11.